The number of methoxy groups -OCH3 is 2. The van der Waals surface area contributed by atoms with E-state index in [0.29, 0.717) is 40.8 Å². The number of imidazole rings is 1. The third-order valence-electron chi connectivity index (χ3n) is 7.55. The Kier molecular flexibility index (Phi) is 7.11. The Morgan fingerprint density at radius 2 is 1.79 bits per heavy atom. The quantitative estimate of drug-likeness (QED) is 0.288. The number of alkyl halides is 3. The number of benzene rings is 2. The normalized spacial score (nSPS) is 17.4. The lowest BCUT2D eigenvalue weighted by molar-refractivity contribution is -0.140. The third kappa shape index (κ3) is 5.30. The molecule has 0 unspecified atom stereocenters. The Morgan fingerprint density at radius 3 is 2.50 bits per heavy atom. The molecule has 4 aromatic rings. The molecule has 3 heterocycles. The number of nitrogens with zero attached hydrogens (tertiary/aromatic N) is 5. The molecule has 0 spiro atoms. The minimum absolute atomic E-state index is 0.0347. The Bertz CT molecular complexity index is 1650. The van der Waals surface area contributed by atoms with E-state index in [9.17, 15) is 22.4 Å². The molecule has 1 saturated carbocycles. The summed E-state index contributed by atoms with van der Waals surface area (Å²) in [6, 6.07) is 7.54. The molecule has 1 saturated heterocycles. The molecule has 2 aromatic carbocycles. The smallest absolute Gasteiger partial charge is 0.419 e. The lowest BCUT2D eigenvalue weighted by Gasteiger charge is -2.33. The number of hydrogen-bond donors (Lipinski definition) is 1. The van der Waals surface area contributed by atoms with Crippen LogP contribution in [0.1, 0.15) is 31.2 Å². The summed E-state index contributed by atoms with van der Waals surface area (Å²) in [5.74, 6) is 0.413. The molecule has 0 bridgehead atoms. The van der Waals surface area contributed by atoms with Gasteiger partial charge in [-0.05, 0) is 49.9 Å². The van der Waals surface area contributed by atoms with Gasteiger partial charge in [-0.25, -0.2) is 14.4 Å². The maximum Gasteiger partial charge on any atom is 0.419 e. The number of carbonyl (C=O) groups excluding carboxylic acids is 1. The minimum Gasteiger partial charge on any atom is -0.493 e. The van der Waals surface area contributed by atoms with E-state index in [1.165, 1.54) is 26.5 Å². The Hall–Kier alpha value is -4.42. The predicted molar refractivity (Wildman–Crippen MR) is 146 cm³/mol. The molecule has 220 valence electrons. The summed E-state index contributed by atoms with van der Waals surface area (Å²) in [5.41, 5.74) is -0.492. The van der Waals surface area contributed by atoms with E-state index in [-0.39, 0.29) is 29.3 Å². The highest BCUT2D eigenvalue weighted by atomic mass is 19.4. The number of aromatic nitrogens is 4. The van der Waals surface area contributed by atoms with Crippen molar-refractivity contribution in [2.45, 2.75) is 37.9 Å². The second kappa shape index (κ2) is 10.8. The summed E-state index contributed by atoms with van der Waals surface area (Å²) >= 11 is 0. The van der Waals surface area contributed by atoms with Gasteiger partial charge in [0, 0.05) is 48.9 Å². The molecule has 1 atom stereocenters. The zero-order valence-corrected chi connectivity index (χ0v) is 22.9. The van der Waals surface area contributed by atoms with Gasteiger partial charge in [-0.2, -0.15) is 18.2 Å². The van der Waals surface area contributed by atoms with Crippen LogP contribution in [0.4, 0.5) is 23.5 Å². The van der Waals surface area contributed by atoms with E-state index in [4.69, 9.17) is 9.47 Å². The first-order valence-electron chi connectivity index (χ1n) is 13.6. The molecule has 0 radical (unpaired) electrons. The number of rotatable bonds is 7. The van der Waals surface area contributed by atoms with Crippen molar-refractivity contribution >= 4 is 22.9 Å². The standard InChI is InChI=1S/C29H28F4N6O3/c1-41-23-13-21-22(14-24(23)42-2)39(26(36-21)17-7-8-20(30)19(12-17)29(31,32)33)25-9-10-34-28(37-25)35-18-4-3-11-38(15-18)27(40)16-5-6-16/h7-10,12-14,16,18H,3-6,11,15H2,1-2H3,(H,34,35,37)/t18-/m1/s1. The summed E-state index contributed by atoms with van der Waals surface area (Å²) in [6.07, 6.45) is 0.185. The van der Waals surface area contributed by atoms with Crippen LogP contribution in [0.15, 0.2) is 42.6 Å². The van der Waals surface area contributed by atoms with Crippen LogP contribution in [-0.2, 0) is 11.0 Å². The molecular formula is C29H28F4N6O3. The van der Waals surface area contributed by atoms with Gasteiger partial charge < -0.3 is 19.7 Å². The maximum absolute atomic E-state index is 14.2. The molecule has 2 aromatic heterocycles. The van der Waals surface area contributed by atoms with Gasteiger partial charge in [0.25, 0.3) is 0 Å². The molecule has 13 heteroatoms. The average Bonchev–Trinajstić information content (AvgIpc) is 3.76. The molecule has 2 aliphatic rings. The summed E-state index contributed by atoms with van der Waals surface area (Å²) in [6.45, 7) is 1.26. The number of likely N-dealkylation sites (tertiary alicyclic amines) is 1. The first kappa shape index (κ1) is 27.7. The number of hydrogen-bond acceptors (Lipinski definition) is 7. The largest absolute Gasteiger partial charge is 0.493 e. The Morgan fingerprint density at radius 1 is 1.02 bits per heavy atom. The van der Waals surface area contributed by atoms with Crippen LogP contribution in [0.5, 0.6) is 11.5 Å². The first-order valence-corrected chi connectivity index (χ1v) is 13.6. The lowest BCUT2D eigenvalue weighted by Crippen LogP contribution is -2.45. The van der Waals surface area contributed by atoms with Crippen LogP contribution in [-0.4, -0.2) is 63.7 Å². The zero-order chi connectivity index (χ0) is 29.6. The van der Waals surface area contributed by atoms with Gasteiger partial charge in [0.2, 0.25) is 11.9 Å². The summed E-state index contributed by atoms with van der Waals surface area (Å²) in [7, 11) is 2.93. The van der Waals surface area contributed by atoms with E-state index in [0.717, 1.165) is 44.4 Å². The van der Waals surface area contributed by atoms with Crippen molar-refractivity contribution in [1.29, 1.82) is 0 Å². The van der Waals surface area contributed by atoms with Crippen LogP contribution in [0.25, 0.3) is 28.2 Å². The van der Waals surface area contributed by atoms with Crippen LogP contribution in [0.3, 0.4) is 0 Å². The van der Waals surface area contributed by atoms with E-state index >= 15 is 0 Å². The van der Waals surface area contributed by atoms with E-state index < -0.39 is 17.6 Å². The third-order valence-corrected chi connectivity index (χ3v) is 7.55. The highest BCUT2D eigenvalue weighted by molar-refractivity contribution is 5.86. The zero-order valence-electron chi connectivity index (χ0n) is 22.9. The highest BCUT2D eigenvalue weighted by Crippen LogP contribution is 2.38. The maximum atomic E-state index is 14.2. The lowest BCUT2D eigenvalue weighted by atomic mass is 10.1. The van der Waals surface area contributed by atoms with Crippen LogP contribution >= 0.6 is 0 Å². The van der Waals surface area contributed by atoms with Gasteiger partial charge in [0.1, 0.15) is 17.5 Å². The summed E-state index contributed by atoms with van der Waals surface area (Å²) in [4.78, 5) is 28.1. The number of halogens is 4. The second-order valence-electron chi connectivity index (χ2n) is 10.4. The fraction of sp³-hybridized carbons (Fsp3) is 0.379. The molecule has 1 aliphatic heterocycles. The molecule has 1 aliphatic carbocycles. The molecule has 9 nitrogen and oxygen atoms in total. The predicted octanol–water partition coefficient (Wildman–Crippen LogP) is 5.47. The van der Waals surface area contributed by atoms with Gasteiger partial charge in [-0.3, -0.25) is 9.36 Å². The van der Waals surface area contributed by atoms with Gasteiger partial charge >= 0.3 is 6.18 Å². The highest BCUT2D eigenvalue weighted by Gasteiger charge is 2.36. The number of anilines is 1. The van der Waals surface area contributed by atoms with Gasteiger partial charge in [0.05, 0.1) is 30.8 Å². The van der Waals surface area contributed by atoms with Crippen LogP contribution in [0.2, 0.25) is 0 Å². The molecule has 6 rings (SSSR count). The number of fused-ring (bicyclic) bond motifs is 1. The number of carbonyl (C=O) groups is 1. The fourth-order valence-corrected chi connectivity index (χ4v) is 5.32. The van der Waals surface area contributed by atoms with E-state index in [1.54, 1.807) is 22.8 Å². The number of piperidine rings is 1. The first-order chi connectivity index (χ1) is 20.2. The monoisotopic (exact) mass is 584 g/mol. The molecule has 42 heavy (non-hydrogen) atoms. The minimum atomic E-state index is -4.90. The van der Waals surface area contributed by atoms with Crippen molar-refractivity contribution in [1.82, 2.24) is 24.4 Å². The van der Waals surface area contributed by atoms with E-state index in [2.05, 4.69) is 20.3 Å². The van der Waals surface area contributed by atoms with E-state index in [1.807, 2.05) is 4.90 Å². The number of ether oxygens (including phenoxy) is 2. The topological polar surface area (TPSA) is 94.4 Å². The van der Waals surface area contributed by atoms with Crippen molar-refractivity contribution in [3.8, 4) is 28.7 Å². The fourth-order valence-electron chi connectivity index (χ4n) is 5.32. The van der Waals surface area contributed by atoms with Crippen molar-refractivity contribution < 1.29 is 31.8 Å². The number of nitrogens with one attached hydrogen (secondary N) is 1. The SMILES string of the molecule is COc1cc2nc(-c3ccc(F)c(C(F)(F)F)c3)n(-c3ccnc(N[C@@H]4CCCN(C(=O)C5CC5)C4)n3)c2cc1OC. The van der Waals surface area contributed by atoms with Crippen molar-refractivity contribution in [2.24, 2.45) is 5.92 Å². The van der Waals surface area contributed by atoms with Gasteiger partial charge in [0.15, 0.2) is 11.5 Å². The summed E-state index contributed by atoms with van der Waals surface area (Å²) < 4.78 is 67.5. The molecule has 2 fully saturated rings. The van der Waals surface area contributed by atoms with Gasteiger partial charge in [-0.15, -0.1) is 0 Å². The van der Waals surface area contributed by atoms with Gasteiger partial charge in [-0.1, -0.05) is 0 Å². The van der Waals surface area contributed by atoms with Crippen molar-refractivity contribution in [3.63, 3.8) is 0 Å². The second-order valence-corrected chi connectivity index (χ2v) is 10.4. The molecule has 1 amide bonds. The summed E-state index contributed by atoms with van der Waals surface area (Å²) in [5, 5.41) is 3.32. The van der Waals surface area contributed by atoms with Crippen molar-refractivity contribution in [2.75, 3.05) is 32.6 Å². The average molecular weight is 585 g/mol. The number of amides is 1. The van der Waals surface area contributed by atoms with Crippen LogP contribution < -0.4 is 14.8 Å². The van der Waals surface area contributed by atoms with Crippen LogP contribution in [0, 0.1) is 11.7 Å². The Balaban J connectivity index is 1.42. The molecule has 1 N–H and O–H groups in total. The molecular weight excluding hydrogens is 556 g/mol. The van der Waals surface area contributed by atoms with Crippen molar-refractivity contribution in [3.05, 3.63) is 54.0 Å². The Labute approximate surface area is 238 Å².